The Bertz CT molecular complexity index is 1070. The lowest BCUT2D eigenvalue weighted by Gasteiger charge is -2.24. The molecule has 2 heterocycles. The summed E-state index contributed by atoms with van der Waals surface area (Å²) in [5, 5.41) is 2.59. The number of aromatic amines is 1. The molecule has 0 saturated carbocycles. The Labute approximate surface area is 184 Å². The largest absolute Gasteiger partial charge is 0.465 e. The predicted octanol–water partition coefficient (Wildman–Crippen LogP) is 1.96. The minimum Gasteiger partial charge on any atom is -0.465 e. The highest BCUT2D eigenvalue weighted by molar-refractivity contribution is 7.52. The van der Waals surface area contributed by atoms with E-state index in [1.54, 1.807) is 37.3 Å². The molecule has 1 saturated heterocycles. The van der Waals surface area contributed by atoms with E-state index in [1.165, 1.54) is 23.8 Å². The van der Waals surface area contributed by atoms with Crippen molar-refractivity contribution in [2.24, 2.45) is 0 Å². The molecule has 0 radical (unpaired) electrons. The number of carbonyl (C=O) groups excluding carboxylic acids is 1. The molecule has 1 aromatic carbocycles. The zero-order valence-electron chi connectivity index (χ0n) is 17.8. The average Bonchev–Trinajstić information content (AvgIpc) is 3.22. The molecule has 4 atom stereocenters. The van der Waals surface area contributed by atoms with E-state index in [1.807, 2.05) is 0 Å². The number of nitrogens with zero attached hydrogens (tertiary/aromatic N) is 1. The number of hydrogen-bond acceptors (Lipinski definition) is 8. The van der Waals surface area contributed by atoms with E-state index in [-0.39, 0.29) is 13.2 Å². The summed E-state index contributed by atoms with van der Waals surface area (Å²) in [6.45, 7) is 3.23. The van der Waals surface area contributed by atoms with Gasteiger partial charge in [0.2, 0.25) is 0 Å². The second-order valence-electron chi connectivity index (χ2n) is 7.11. The summed E-state index contributed by atoms with van der Waals surface area (Å²) in [6, 6.07) is 8.70. The van der Waals surface area contributed by atoms with Gasteiger partial charge in [-0.3, -0.25) is 23.7 Å². The molecule has 2 aromatic rings. The summed E-state index contributed by atoms with van der Waals surface area (Å²) in [5.74, 6) is -0.299. The van der Waals surface area contributed by atoms with Crippen molar-refractivity contribution in [3.05, 3.63) is 63.4 Å². The molecule has 3 rings (SSSR count). The Kier molecular flexibility index (Phi) is 8.03. The van der Waals surface area contributed by atoms with Gasteiger partial charge in [-0.05, 0) is 38.8 Å². The van der Waals surface area contributed by atoms with Crippen LogP contribution in [0.2, 0.25) is 0 Å². The van der Waals surface area contributed by atoms with Crippen molar-refractivity contribution in [1.29, 1.82) is 0 Å². The minimum atomic E-state index is -3.98. The molecule has 2 N–H and O–H groups in total. The number of nitrogens with one attached hydrogen (secondary N) is 2. The molecule has 32 heavy (non-hydrogen) atoms. The molecule has 1 aromatic heterocycles. The van der Waals surface area contributed by atoms with Crippen LogP contribution in [0.25, 0.3) is 0 Å². The molecule has 0 amide bonds. The molecule has 1 unspecified atom stereocenters. The van der Waals surface area contributed by atoms with Gasteiger partial charge in [0.05, 0.1) is 19.3 Å². The fourth-order valence-corrected chi connectivity index (χ4v) is 4.64. The summed E-state index contributed by atoms with van der Waals surface area (Å²) >= 11 is 0. The van der Waals surface area contributed by atoms with Crippen LogP contribution in [-0.4, -0.2) is 40.9 Å². The molecule has 1 aliphatic heterocycles. The SMILES string of the molecule is CCOC(=O)[C@H](C)NP(=O)(OC[C@@H]1CC[C@H](n2ccc(=O)[nH]c2=O)O1)Oc1ccccc1. The molecule has 12 heteroatoms. The quantitative estimate of drug-likeness (QED) is 0.397. The summed E-state index contributed by atoms with van der Waals surface area (Å²) in [5.41, 5.74) is -1.07. The Hall–Kier alpha value is -2.72. The molecule has 0 spiro atoms. The number of rotatable bonds is 10. The van der Waals surface area contributed by atoms with E-state index in [2.05, 4.69) is 10.1 Å². The summed E-state index contributed by atoms with van der Waals surface area (Å²) in [4.78, 5) is 37.4. The standard InChI is InChI=1S/C20H26N3O8P/c1-3-28-19(25)14(2)22-32(27,31-15-7-5-4-6-8-15)29-13-16-9-10-18(30-16)23-12-11-17(24)21-20(23)26/h4-8,11-12,14,16,18H,3,9-10,13H2,1-2H3,(H,22,27)(H,21,24,26)/t14-,16-,18+,32?/m0/s1. The van der Waals surface area contributed by atoms with E-state index in [9.17, 15) is 18.9 Å². The van der Waals surface area contributed by atoms with Gasteiger partial charge in [0.1, 0.15) is 18.0 Å². The first kappa shape index (κ1) is 23.9. The highest BCUT2D eigenvalue weighted by Crippen LogP contribution is 2.45. The van der Waals surface area contributed by atoms with Crippen molar-refractivity contribution >= 4 is 13.7 Å². The van der Waals surface area contributed by atoms with Gasteiger partial charge in [0, 0.05) is 12.3 Å². The lowest BCUT2D eigenvalue weighted by molar-refractivity contribution is -0.144. The third-order valence-electron chi connectivity index (χ3n) is 4.64. The van der Waals surface area contributed by atoms with Gasteiger partial charge in [-0.25, -0.2) is 9.36 Å². The lowest BCUT2D eigenvalue weighted by Crippen LogP contribution is -2.35. The number of benzene rings is 1. The third kappa shape index (κ3) is 6.39. The number of ether oxygens (including phenoxy) is 2. The van der Waals surface area contributed by atoms with Gasteiger partial charge in [0.25, 0.3) is 5.56 Å². The molecule has 1 fully saturated rings. The molecule has 1 aliphatic rings. The summed E-state index contributed by atoms with van der Waals surface area (Å²) < 4.78 is 36.6. The van der Waals surface area contributed by atoms with Crippen molar-refractivity contribution in [1.82, 2.24) is 14.6 Å². The van der Waals surface area contributed by atoms with Gasteiger partial charge < -0.3 is 14.0 Å². The normalized spacial score (nSPS) is 20.9. The topological polar surface area (TPSA) is 138 Å². The van der Waals surface area contributed by atoms with Crippen LogP contribution < -0.4 is 20.9 Å². The molecular weight excluding hydrogens is 441 g/mol. The van der Waals surface area contributed by atoms with Crippen LogP contribution in [0, 0.1) is 0 Å². The van der Waals surface area contributed by atoms with Crippen LogP contribution in [0.15, 0.2) is 52.2 Å². The Morgan fingerprint density at radius 3 is 2.72 bits per heavy atom. The zero-order valence-corrected chi connectivity index (χ0v) is 18.7. The molecule has 0 bridgehead atoms. The van der Waals surface area contributed by atoms with E-state index in [0.717, 1.165) is 0 Å². The van der Waals surface area contributed by atoms with Crippen molar-refractivity contribution in [3.63, 3.8) is 0 Å². The van der Waals surface area contributed by atoms with Gasteiger partial charge in [-0.15, -0.1) is 0 Å². The number of hydrogen-bond donors (Lipinski definition) is 2. The highest BCUT2D eigenvalue weighted by Gasteiger charge is 2.35. The van der Waals surface area contributed by atoms with Gasteiger partial charge in [-0.2, -0.15) is 5.09 Å². The fraction of sp³-hybridized carbons (Fsp3) is 0.450. The summed E-state index contributed by atoms with van der Waals surface area (Å²) in [7, 11) is -3.98. The monoisotopic (exact) mass is 467 g/mol. The smallest absolute Gasteiger partial charge is 0.459 e. The van der Waals surface area contributed by atoms with E-state index >= 15 is 0 Å². The van der Waals surface area contributed by atoms with Crippen LogP contribution in [0.1, 0.15) is 32.9 Å². The molecular formula is C20H26N3O8P. The van der Waals surface area contributed by atoms with E-state index in [4.69, 9.17) is 18.5 Å². The van der Waals surface area contributed by atoms with Crippen molar-refractivity contribution in [2.45, 2.75) is 45.1 Å². The van der Waals surface area contributed by atoms with Crippen LogP contribution >= 0.6 is 7.75 Å². The van der Waals surface area contributed by atoms with Crippen LogP contribution in [-0.2, 0) is 23.4 Å². The fourth-order valence-electron chi connectivity index (χ4n) is 3.12. The first-order valence-corrected chi connectivity index (χ1v) is 11.7. The van der Waals surface area contributed by atoms with Gasteiger partial charge in [-0.1, -0.05) is 18.2 Å². The Balaban J connectivity index is 1.66. The second kappa shape index (κ2) is 10.7. The second-order valence-corrected chi connectivity index (χ2v) is 8.80. The Morgan fingerprint density at radius 2 is 2.03 bits per heavy atom. The number of esters is 1. The average molecular weight is 467 g/mol. The van der Waals surface area contributed by atoms with Crippen LogP contribution in [0.3, 0.4) is 0 Å². The number of aromatic nitrogens is 2. The first-order chi connectivity index (χ1) is 15.3. The molecule has 0 aliphatic carbocycles. The van der Waals surface area contributed by atoms with E-state index < -0.39 is 43.3 Å². The Morgan fingerprint density at radius 1 is 1.28 bits per heavy atom. The van der Waals surface area contributed by atoms with Crippen LogP contribution in [0.4, 0.5) is 0 Å². The maximum atomic E-state index is 13.4. The zero-order chi connectivity index (χ0) is 23.1. The van der Waals surface area contributed by atoms with Gasteiger partial charge in [0.15, 0.2) is 0 Å². The maximum absolute atomic E-state index is 13.4. The summed E-state index contributed by atoms with van der Waals surface area (Å²) in [6.07, 6.45) is 1.31. The number of carbonyl (C=O) groups is 1. The number of para-hydroxylation sites is 1. The lowest BCUT2D eigenvalue weighted by atomic mass is 10.2. The van der Waals surface area contributed by atoms with Gasteiger partial charge >= 0.3 is 19.4 Å². The van der Waals surface area contributed by atoms with Crippen molar-refractivity contribution in [3.8, 4) is 5.75 Å². The highest BCUT2D eigenvalue weighted by atomic mass is 31.2. The predicted molar refractivity (Wildman–Crippen MR) is 114 cm³/mol. The molecule has 11 nitrogen and oxygen atoms in total. The minimum absolute atomic E-state index is 0.110. The number of H-pyrrole nitrogens is 1. The molecule has 174 valence electrons. The van der Waals surface area contributed by atoms with Crippen LogP contribution in [0.5, 0.6) is 5.75 Å². The van der Waals surface area contributed by atoms with Crippen molar-refractivity contribution in [2.75, 3.05) is 13.2 Å². The third-order valence-corrected chi connectivity index (χ3v) is 6.28. The van der Waals surface area contributed by atoms with Crippen molar-refractivity contribution < 1.29 is 27.9 Å². The maximum Gasteiger partial charge on any atom is 0.459 e. The van der Waals surface area contributed by atoms with E-state index in [0.29, 0.717) is 18.6 Å². The first-order valence-electron chi connectivity index (χ1n) is 10.2.